The van der Waals surface area contributed by atoms with E-state index in [2.05, 4.69) is 68.4 Å². The molecular weight excluding hydrogens is 697 g/mol. The minimum absolute atomic E-state index is 0.00683. The number of aliphatic carboxylic acids is 2. The Balaban J connectivity index is 1.11. The molecule has 310 valence electrons. The summed E-state index contributed by atoms with van der Waals surface area (Å²) < 4.78 is 0. The van der Waals surface area contributed by atoms with Crippen molar-refractivity contribution in [2.45, 2.75) is 172 Å². The zero-order valence-corrected chi connectivity index (χ0v) is 36.8. The van der Waals surface area contributed by atoms with E-state index in [4.69, 9.17) is 0 Å². The maximum Gasteiger partial charge on any atom is 0.311 e. The van der Waals surface area contributed by atoms with E-state index in [1.165, 1.54) is 5.57 Å². The molecule has 6 heteroatoms. The molecule has 0 heterocycles. The lowest BCUT2D eigenvalue weighted by molar-refractivity contribution is -0.225. The van der Waals surface area contributed by atoms with Crippen molar-refractivity contribution in [3.8, 4) is 0 Å². The molecule has 0 aromatic heterocycles. The van der Waals surface area contributed by atoms with Crippen molar-refractivity contribution >= 4 is 23.5 Å². The molecule has 1 spiro atoms. The van der Waals surface area contributed by atoms with Crippen LogP contribution in [0.25, 0.3) is 0 Å². The number of carboxylic acid groups (broad SMARTS) is 2. The van der Waals surface area contributed by atoms with Crippen molar-refractivity contribution in [1.82, 2.24) is 0 Å². The number of carbonyl (C=O) groups excluding carboxylic acids is 2. The average molecular weight is 771 g/mol. The second-order valence-electron chi connectivity index (χ2n) is 23.5. The Bertz CT molecular complexity index is 1820. The average Bonchev–Trinajstić information content (AvgIpc) is 3.40. The number of fused-ring (bicyclic) bond motifs is 6. The van der Waals surface area contributed by atoms with Crippen molar-refractivity contribution in [1.29, 1.82) is 0 Å². The van der Waals surface area contributed by atoms with E-state index in [1.807, 2.05) is 13.8 Å². The Hall–Kier alpha value is -2.24. The highest BCUT2D eigenvalue weighted by Gasteiger charge is 2.75. The Labute approximate surface area is 337 Å². The number of ketones is 2. The molecular formula is C50H74O6. The molecule has 9 aliphatic rings. The van der Waals surface area contributed by atoms with Gasteiger partial charge in [0.05, 0.1) is 10.8 Å². The highest BCUT2D eigenvalue weighted by molar-refractivity contribution is 5.91. The van der Waals surface area contributed by atoms with Crippen LogP contribution < -0.4 is 0 Å². The van der Waals surface area contributed by atoms with Crippen molar-refractivity contribution < 1.29 is 29.4 Å². The van der Waals surface area contributed by atoms with E-state index in [-0.39, 0.29) is 62.4 Å². The second-order valence-corrected chi connectivity index (χ2v) is 23.5. The lowest BCUT2D eigenvalue weighted by Crippen LogP contribution is -2.70. The molecule has 0 saturated heterocycles. The minimum Gasteiger partial charge on any atom is -0.481 e. The molecule has 2 bridgehead atoms. The predicted octanol–water partition coefficient (Wildman–Crippen LogP) is 11.5. The fourth-order valence-electron chi connectivity index (χ4n) is 18.1. The van der Waals surface area contributed by atoms with Gasteiger partial charge in [0.2, 0.25) is 0 Å². The van der Waals surface area contributed by atoms with Gasteiger partial charge in [-0.1, -0.05) is 91.5 Å². The van der Waals surface area contributed by atoms with Crippen LogP contribution in [0.15, 0.2) is 22.8 Å². The molecule has 2 N–H and O–H groups in total. The van der Waals surface area contributed by atoms with E-state index < -0.39 is 34.1 Å². The maximum atomic E-state index is 15.3. The van der Waals surface area contributed by atoms with Crippen molar-refractivity contribution in [2.24, 2.45) is 90.7 Å². The third-order valence-corrected chi connectivity index (χ3v) is 21.3. The lowest BCUT2D eigenvalue weighted by Gasteiger charge is -2.72. The highest BCUT2D eigenvalue weighted by Crippen LogP contribution is 2.77. The van der Waals surface area contributed by atoms with Crippen molar-refractivity contribution in [3.05, 3.63) is 22.8 Å². The fraction of sp³-hybridized carbons (Fsp3) is 0.840. The summed E-state index contributed by atoms with van der Waals surface area (Å²) in [6.07, 6.45) is 15.6. The van der Waals surface area contributed by atoms with Gasteiger partial charge in [0.15, 0.2) is 0 Å². The number of allylic oxidation sites excluding steroid dienone is 4. The fourth-order valence-corrected chi connectivity index (χ4v) is 18.1. The first-order valence-corrected chi connectivity index (χ1v) is 22.9. The largest absolute Gasteiger partial charge is 0.481 e. The smallest absolute Gasteiger partial charge is 0.311 e. The SMILES string of the molecule is CC(C)C1=C[C@@]23CC[C@@H]4[C@](C)(CCC[C@@]4(C)C(=O)O)[C@H]2C[C@@H]1[C@H](C(=O)C[C@@H](C)[C@H]1CC[C@@]2(C)C4=C(CC[C@]12C)[C@@]1(C)CCC(=O)C(C)(C)[C@@H]1CC4)[C@@]3(C)C(=O)O. The standard InChI is InChI=1S/C50H74O6/c1-28(2)31-27-50-24-17-37-45(7,19-12-20-46(37,8)41(53)54)38(50)26-30(31)40(49(50,11)42(55)56)35(51)25-29(3)32-15-22-48(10)34-13-14-36-43(4,5)39(52)18-21-44(36,6)33(34)16-23-47(32,48)9/h27-30,32,36-38,40H,12-26H2,1-11H3,(H,53,54)(H,55,56)/t29-,30+,32-,36+,37-,38-,40-,44-,45+,46-,47-,48+,49+,50+/m1/s1. The Kier molecular flexibility index (Phi) is 8.98. The van der Waals surface area contributed by atoms with Crippen LogP contribution in [0.1, 0.15) is 172 Å². The maximum absolute atomic E-state index is 15.3. The summed E-state index contributed by atoms with van der Waals surface area (Å²) in [4.78, 5) is 55.4. The Morgan fingerprint density at radius 1 is 0.750 bits per heavy atom. The predicted molar refractivity (Wildman–Crippen MR) is 219 cm³/mol. The third kappa shape index (κ3) is 4.74. The van der Waals surface area contributed by atoms with Gasteiger partial charge in [-0.2, -0.15) is 0 Å². The molecule has 5 saturated carbocycles. The molecule has 56 heavy (non-hydrogen) atoms. The van der Waals surface area contributed by atoms with Crippen molar-refractivity contribution in [2.75, 3.05) is 0 Å². The van der Waals surface area contributed by atoms with Gasteiger partial charge in [0, 0.05) is 29.6 Å². The Morgan fingerprint density at radius 2 is 1.45 bits per heavy atom. The van der Waals surface area contributed by atoms with Crippen LogP contribution in [0.3, 0.4) is 0 Å². The zero-order valence-electron chi connectivity index (χ0n) is 36.8. The first kappa shape index (κ1) is 40.5. The number of Topliss-reactive ketones (excluding diaryl/α,β-unsaturated/α-hetero) is 2. The second kappa shape index (κ2) is 12.4. The van der Waals surface area contributed by atoms with Crippen LogP contribution in [0.4, 0.5) is 0 Å². The molecule has 6 nitrogen and oxygen atoms in total. The topological polar surface area (TPSA) is 109 Å². The molecule has 14 atom stereocenters. The van der Waals surface area contributed by atoms with E-state index in [9.17, 15) is 24.6 Å². The summed E-state index contributed by atoms with van der Waals surface area (Å²) in [7, 11) is 0. The molecule has 0 radical (unpaired) electrons. The summed E-state index contributed by atoms with van der Waals surface area (Å²) >= 11 is 0. The first-order chi connectivity index (χ1) is 25.9. The van der Waals surface area contributed by atoms with Gasteiger partial charge in [0.1, 0.15) is 11.6 Å². The molecule has 0 amide bonds. The van der Waals surface area contributed by atoms with Crippen LogP contribution in [0, 0.1) is 90.7 Å². The van der Waals surface area contributed by atoms with Crippen LogP contribution in [0.5, 0.6) is 0 Å². The normalized spacial score (nSPS) is 49.6. The summed E-state index contributed by atoms with van der Waals surface area (Å²) in [6, 6.07) is 0. The monoisotopic (exact) mass is 771 g/mol. The number of carbonyl (C=O) groups is 4. The summed E-state index contributed by atoms with van der Waals surface area (Å²) in [5.41, 5.74) is 1.51. The lowest BCUT2D eigenvalue weighted by atomic mass is 9.30. The number of hydrogen-bond donors (Lipinski definition) is 2. The molecule has 0 unspecified atom stereocenters. The van der Waals surface area contributed by atoms with Crippen LogP contribution >= 0.6 is 0 Å². The number of hydrogen-bond acceptors (Lipinski definition) is 4. The van der Waals surface area contributed by atoms with E-state index >= 15 is 4.79 Å². The van der Waals surface area contributed by atoms with Crippen LogP contribution in [0.2, 0.25) is 0 Å². The van der Waals surface area contributed by atoms with Gasteiger partial charge in [0.25, 0.3) is 0 Å². The van der Waals surface area contributed by atoms with Gasteiger partial charge < -0.3 is 10.2 Å². The van der Waals surface area contributed by atoms with E-state index in [1.54, 1.807) is 11.1 Å². The van der Waals surface area contributed by atoms with Crippen molar-refractivity contribution in [3.63, 3.8) is 0 Å². The quantitative estimate of drug-likeness (QED) is 0.250. The number of rotatable bonds is 7. The van der Waals surface area contributed by atoms with Gasteiger partial charge in [-0.05, 0) is 154 Å². The highest BCUT2D eigenvalue weighted by atomic mass is 16.4. The molecule has 0 aromatic carbocycles. The number of carboxylic acids is 2. The zero-order chi connectivity index (χ0) is 41.0. The molecule has 5 fully saturated rings. The summed E-state index contributed by atoms with van der Waals surface area (Å²) in [5.74, 6) is -0.521. The molecule has 9 rings (SSSR count). The van der Waals surface area contributed by atoms with Gasteiger partial charge >= 0.3 is 11.9 Å². The van der Waals surface area contributed by atoms with Gasteiger partial charge in [-0.15, -0.1) is 0 Å². The van der Waals surface area contributed by atoms with Crippen LogP contribution in [-0.4, -0.2) is 33.7 Å². The van der Waals surface area contributed by atoms with E-state index in [0.717, 1.165) is 64.2 Å². The van der Waals surface area contributed by atoms with E-state index in [0.29, 0.717) is 49.7 Å². The Morgan fingerprint density at radius 3 is 2.09 bits per heavy atom. The van der Waals surface area contributed by atoms with Gasteiger partial charge in [-0.25, -0.2) is 0 Å². The third-order valence-electron chi connectivity index (χ3n) is 21.3. The summed E-state index contributed by atoms with van der Waals surface area (Å²) in [5, 5.41) is 22.1. The first-order valence-electron chi connectivity index (χ1n) is 22.9. The molecule has 0 aromatic rings. The summed E-state index contributed by atoms with van der Waals surface area (Å²) in [6.45, 7) is 24.8. The van der Waals surface area contributed by atoms with Crippen LogP contribution in [-0.2, 0) is 19.2 Å². The molecule has 0 aliphatic heterocycles. The minimum atomic E-state index is -1.25. The van der Waals surface area contributed by atoms with Gasteiger partial charge in [-0.3, -0.25) is 19.2 Å². The molecule has 9 aliphatic carbocycles.